The molecule has 6 heteroatoms. The van der Waals surface area contributed by atoms with E-state index in [0.717, 1.165) is 12.8 Å². The molecule has 1 N–H and O–H groups in total. The first-order chi connectivity index (χ1) is 13.4. The summed E-state index contributed by atoms with van der Waals surface area (Å²) in [5.74, 6) is 0. The molecule has 0 aliphatic heterocycles. The van der Waals surface area contributed by atoms with E-state index < -0.39 is 14.4 Å². The van der Waals surface area contributed by atoms with Gasteiger partial charge >= 0.3 is 0 Å². The van der Waals surface area contributed by atoms with Gasteiger partial charge in [-0.25, -0.2) is 0 Å². The molecule has 0 aliphatic rings. The number of hydrogen-bond acceptors (Lipinski definition) is 3. The van der Waals surface area contributed by atoms with Gasteiger partial charge in [-0.05, 0) is 40.2 Å². The fourth-order valence-corrected chi connectivity index (χ4v) is 8.30. The molecule has 5 nitrogen and oxygen atoms in total. The molecule has 0 saturated carbocycles. The Labute approximate surface area is 169 Å². The molecule has 150 valence electrons. The minimum atomic E-state index is -2.48. The Morgan fingerprint density at radius 3 is 2.00 bits per heavy atom. The standard InChI is InChI=1S/C22H31N3O2Si/c1-22(2,3)28(20-13-6-4-7-14-20,21-15-8-5-9-16-21)27-17-11-10-12-19(26)18-24-25-23/h4-9,13-16,19,26H,10-12,17-18H2,1-3H3/t19-/m1/s1. The number of unbranched alkanes of at least 4 members (excludes halogenated alkanes) is 1. The summed E-state index contributed by atoms with van der Waals surface area (Å²) < 4.78 is 6.80. The van der Waals surface area contributed by atoms with Gasteiger partial charge in [-0.1, -0.05) is 86.5 Å². The van der Waals surface area contributed by atoms with Crippen LogP contribution in [0.3, 0.4) is 0 Å². The average Bonchev–Trinajstić information content (AvgIpc) is 2.69. The molecule has 0 aromatic heterocycles. The third-order valence-corrected chi connectivity index (χ3v) is 10.1. The van der Waals surface area contributed by atoms with Crippen LogP contribution in [0.25, 0.3) is 10.4 Å². The third kappa shape index (κ3) is 5.46. The summed E-state index contributed by atoms with van der Waals surface area (Å²) in [6, 6.07) is 21.2. The second-order valence-electron chi connectivity index (χ2n) is 8.07. The summed E-state index contributed by atoms with van der Waals surface area (Å²) >= 11 is 0. The van der Waals surface area contributed by atoms with Crippen molar-refractivity contribution >= 4 is 18.7 Å². The molecule has 0 spiro atoms. The van der Waals surface area contributed by atoms with E-state index in [-0.39, 0.29) is 11.6 Å². The largest absolute Gasteiger partial charge is 0.407 e. The quantitative estimate of drug-likeness (QED) is 0.212. The molecule has 2 rings (SSSR count). The highest BCUT2D eigenvalue weighted by Gasteiger charge is 2.49. The SMILES string of the molecule is CC(C)(C)[Si](OCCCC[C@@H](O)CN=[N+]=[N-])(c1ccccc1)c1ccccc1. The molecular weight excluding hydrogens is 366 g/mol. The molecule has 0 fully saturated rings. The zero-order valence-electron chi connectivity index (χ0n) is 17.1. The lowest BCUT2D eigenvalue weighted by molar-refractivity contribution is 0.165. The normalized spacial score (nSPS) is 13.0. The molecule has 0 amide bonds. The maximum Gasteiger partial charge on any atom is 0.261 e. The first-order valence-corrected chi connectivity index (χ1v) is 11.8. The van der Waals surface area contributed by atoms with Gasteiger partial charge in [0.25, 0.3) is 8.32 Å². The van der Waals surface area contributed by atoms with Crippen LogP contribution in [-0.4, -0.2) is 32.7 Å². The predicted octanol–water partition coefficient (Wildman–Crippen LogP) is 4.40. The Hall–Kier alpha value is -2.11. The Morgan fingerprint density at radius 2 is 1.54 bits per heavy atom. The molecule has 2 aromatic rings. The summed E-state index contributed by atoms with van der Waals surface area (Å²) in [4.78, 5) is 2.69. The summed E-state index contributed by atoms with van der Waals surface area (Å²) in [7, 11) is -2.48. The fraction of sp³-hybridized carbons (Fsp3) is 0.455. The molecule has 0 heterocycles. The van der Waals surface area contributed by atoms with Crippen molar-refractivity contribution in [3.63, 3.8) is 0 Å². The van der Waals surface area contributed by atoms with Crippen molar-refractivity contribution in [3.8, 4) is 0 Å². The highest BCUT2D eigenvalue weighted by molar-refractivity contribution is 6.99. The molecule has 0 unspecified atom stereocenters. The summed E-state index contributed by atoms with van der Waals surface area (Å²) in [5, 5.41) is 15.8. The lowest BCUT2D eigenvalue weighted by Gasteiger charge is -2.43. The van der Waals surface area contributed by atoms with Crippen LogP contribution < -0.4 is 10.4 Å². The highest BCUT2D eigenvalue weighted by Crippen LogP contribution is 2.36. The van der Waals surface area contributed by atoms with Gasteiger partial charge in [0.2, 0.25) is 0 Å². The van der Waals surface area contributed by atoms with Crippen LogP contribution in [-0.2, 0) is 4.43 Å². The topological polar surface area (TPSA) is 78.2 Å². The van der Waals surface area contributed by atoms with E-state index in [1.54, 1.807) is 0 Å². The first kappa shape index (κ1) is 22.2. The molecular formula is C22H31N3O2Si. The van der Waals surface area contributed by atoms with Crippen molar-refractivity contribution in [1.82, 2.24) is 0 Å². The Bertz CT molecular complexity index is 717. The van der Waals surface area contributed by atoms with Crippen LogP contribution in [0.15, 0.2) is 65.8 Å². The van der Waals surface area contributed by atoms with Crippen LogP contribution in [0.2, 0.25) is 5.04 Å². The lowest BCUT2D eigenvalue weighted by atomic mass is 10.1. The number of azide groups is 1. The minimum Gasteiger partial charge on any atom is -0.407 e. The second-order valence-corrected chi connectivity index (χ2v) is 12.4. The van der Waals surface area contributed by atoms with E-state index in [1.165, 1.54) is 10.4 Å². The zero-order chi connectivity index (χ0) is 20.5. The van der Waals surface area contributed by atoms with Crippen molar-refractivity contribution < 1.29 is 9.53 Å². The number of hydrogen-bond donors (Lipinski definition) is 1. The van der Waals surface area contributed by atoms with Gasteiger partial charge in [-0.15, -0.1) is 0 Å². The maximum atomic E-state index is 9.83. The fourth-order valence-electron chi connectivity index (χ4n) is 3.69. The smallest absolute Gasteiger partial charge is 0.261 e. The van der Waals surface area contributed by atoms with E-state index in [1.807, 2.05) is 12.1 Å². The minimum absolute atomic E-state index is 0.0310. The molecule has 2 aromatic carbocycles. The van der Waals surface area contributed by atoms with Gasteiger partial charge in [-0.3, -0.25) is 0 Å². The average molecular weight is 398 g/mol. The molecule has 1 atom stereocenters. The van der Waals surface area contributed by atoms with Gasteiger partial charge in [0.1, 0.15) is 0 Å². The van der Waals surface area contributed by atoms with Crippen LogP contribution in [0.5, 0.6) is 0 Å². The molecule has 0 aliphatic carbocycles. The summed E-state index contributed by atoms with van der Waals surface area (Å²) in [5.41, 5.74) is 8.34. The van der Waals surface area contributed by atoms with Crippen molar-refractivity contribution in [2.45, 2.75) is 51.2 Å². The second kappa shape index (κ2) is 10.4. The Kier molecular flexibility index (Phi) is 8.27. The van der Waals surface area contributed by atoms with Gasteiger partial charge in [0.05, 0.1) is 12.6 Å². The molecule has 0 saturated heterocycles. The van der Waals surface area contributed by atoms with Crippen molar-refractivity contribution in [3.05, 3.63) is 71.1 Å². The predicted molar refractivity (Wildman–Crippen MR) is 117 cm³/mol. The van der Waals surface area contributed by atoms with Gasteiger partial charge in [0, 0.05) is 11.5 Å². The third-order valence-electron chi connectivity index (χ3n) is 5.02. The number of rotatable bonds is 10. The van der Waals surface area contributed by atoms with E-state index in [4.69, 9.17) is 9.96 Å². The van der Waals surface area contributed by atoms with Crippen molar-refractivity contribution in [2.75, 3.05) is 13.2 Å². The first-order valence-electron chi connectivity index (χ1n) is 9.86. The maximum absolute atomic E-state index is 9.83. The van der Waals surface area contributed by atoms with E-state index >= 15 is 0 Å². The molecule has 0 radical (unpaired) electrons. The van der Waals surface area contributed by atoms with Crippen LogP contribution in [0, 0.1) is 0 Å². The van der Waals surface area contributed by atoms with E-state index in [2.05, 4.69) is 79.3 Å². The summed E-state index contributed by atoms with van der Waals surface area (Å²) in [6.45, 7) is 7.57. The van der Waals surface area contributed by atoms with Crippen molar-refractivity contribution in [1.29, 1.82) is 0 Å². The monoisotopic (exact) mass is 397 g/mol. The Balaban J connectivity index is 2.19. The number of aliphatic hydroxyl groups excluding tert-OH is 1. The molecule has 28 heavy (non-hydrogen) atoms. The Morgan fingerprint density at radius 1 is 1.00 bits per heavy atom. The van der Waals surface area contributed by atoms with Crippen LogP contribution >= 0.6 is 0 Å². The number of nitrogens with zero attached hydrogens (tertiary/aromatic N) is 3. The van der Waals surface area contributed by atoms with Crippen molar-refractivity contribution in [2.24, 2.45) is 5.11 Å². The van der Waals surface area contributed by atoms with Gasteiger partial charge in [-0.2, -0.15) is 0 Å². The van der Waals surface area contributed by atoms with Crippen LogP contribution in [0.4, 0.5) is 0 Å². The zero-order valence-corrected chi connectivity index (χ0v) is 18.1. The van der Waals surface area contributed by atoms with E-state index in [9.17, 15) is 5.11 Å². The number of benzene rings is 2. The summed E-state index contributed by atoms with van der Waals surface area (Å²) in [6.07, 6.45) is 1.73. The number of aliphatic hydroxyl groups is 1. The van der Waals surface area contributed by atoms with E-state index in [0.29, 0.717) is 13.0 Å². The van der Waals surface area contributed by atoms with Gasteiger partial charge in [0.15, 0.2) is 0 Å². The molecule has 0 bridgehead atoms. The highest BCUT2D eigenvalue weighted by atomic mass is 28.4. The van der Waals surface area contributed by atoms with Crippen LogP contribution in [0.1, 0.15) is 40.0 Å². The van der Waals surface area contributed by atoms with Gasteiger partial charge < -0.3 is 9.53 Å². The lowest BCUT2D eigenvalue weighted by Crippen LogP contribution is -2.66.